The number of nitrogens with one attached hydrogen (secondary N) is 2. The molecular weight excluding hydrogens is 286 g/mol. The van der Waals surface area contributed by atoms with Crippen LogP contribution in [0.4, 0.5) is 5.69 Å². The van der Waals surface area contributed by atoms with Gasteiger partial charge < -0.3 is 10.6 Å². The topological polar surface area (TPSA) is 54.0 Å². The molecule has 1 aromatic carbocycles. The fourth-order valence-corrected chi connectivity index (χ4v) is 2.91. The summed E-state index contributed by atoms with van der Waals surface area (Å²) in [5.41, 5.74) is 3.94. The zero-order valence-electron chi connectivity index (χ0n) is 13.5. The third-order valence-electron chi connectivity index (χ3n) is 4.31. The van der Waals surface area contributed by atoms with E-state index in [2.05, 4.69) is 46.8 Å². The highest BCUT2D eigenvalue weighted by molar-refractivity contribution is 5.94. The van der Waals surface area contributed by atoms with Gasteiger partial charge in [0.05, 0.1) is 11.3 Å². The van der Waals surface area contributed by atoms with Crippen LogP contribution >= 0.6 is 0 Å². The van der Waals surface area contributed by atoms with Crippen molar-refractivity contribution in [1.29, 1.82) is 0 Å². The van der Waals surface area contributed by atoms with E-state index < -0.39 is 0 Å². The minimum atomic E-state index is -0.0246. The number of carbonyl (C=O) groups excluding carboxylic acids is 1. The standard InChI is InChI=1S/C19H23N3O/c1-14-6-8-15(9-7-14)11-21-18-10-16(12-20-13-18)19(23)22-17-4-2-3-5-17/h6-10,12-13,17,21H,2-5,11H2,1H3,(H,22,23). The molecule has 1 amide bonds. The first-order valence-electron chi connectivity index (χ1n) is 8.26. The first kappa shape index (κ1) is 15.5. The predicted molar refractivity (Wildman–Crippen MR) is 92.5 cm³/mol. The molecule has 1 saturated carbocycles. The van der Waals surface area contributed by atoms with Gasteiger partial charge in [-0.1, -0.05) is 42.7 Å². The van der Waals surface area contributed by atoms with Crippen molar-refractivity contribution in [2.24, 2.45) is 0 Å². The Kier molecular flexibility index (Phi) is 4.91. The van der Waals surface area contributed by atoms with Crippen molar-refractivity contribution in [2.75, 3.05) is 5.32 Å². The molecule has 0 radical (unpaired) electrons. The minimum absolute atomic E-state index is 0.0246. The van der Waals surface area contributed by atoms with Crippen LogP contribution in [-0.2, 0) is 6.54 Å². The quantitative estimate of drug-likeness (QED) is 0.886. The summed E-state index contributed by atoms with van der Waals surface area (Å²) in [4.78, 5) is 16.5. The number of nitrogens with zero attached hydrogens (tertiary/aromatic N) is 1. The second-order valence-electron chi connectivity index (χ2n) is 6.26. The number of amides is 1. The van der Waals surface area contributed by atoms with E-state index >= 15 is 0 Å². The molecule has 1 aliphatic carbocycles. The third-order valence-corrected chi connectivity index (χ3v) is 4.31. The molecule has 1 aromatic heterocycles. The maximum atomic E-state index is 12.3. The number of aromatic nitrogens is 1. The first-order valence-corrected chi connectivity index (χ1v) is 8.26. The summed E-state index contributed by atoms with van der Waals surface area (Å²) in [6, 6.07) is 10.6. The number of carbonyl (C=O) groups is 1. The molecule has 0 unspecified atom stereocenters. The molecule has 1 fully saturated rings. The van der Waals surface area contributed by atoms with Gasteiger partial charge in [-0.05, 0) is 31.4 Å². The lowest BCUT2D eigenvalue weighted by Crippen LogP contribution is -2.32. The lowest BCUT2D eigenvalue weighted by Gasteiger charge is -2.12. The van der Waals surface area contributed by atoms with Crippen LogP contribution in [0.25, 0.3) is 0 Å². The number of aryl methyl sites for hydroxylation is 1. The number of rotatable bonds is 5. The molecule has 120 valence electrons. The van der Waals surface area contributed by atoms with Crippen LogP contribution in [0.15, 0.2) is 42.7 Å². The van der Waals surface area contributed by atoms with Crippen molar-refractivity contribution in [3.63, 3.8) is 0 Å². The Morgan fingerprint density at radius 3 is 2.65 bits per heavy atom. The predicted octanol–water partition coefficient (Wildman–Crippen LogP) is 3.67. The van der Waals surface area contributed by atoms with Gasteiger partial charge in [0.25, 0.3) is 5.91 Å². The Bertz CT molecular complexity index is 661. The highest BCUT2D eigenvalue weighted by Gasteiger charge is 2.18. The first-order chi connectivity index (χ1) is 11.2. The zero-order chi connectivity index (χ0) is 16.1. The normalized spacial score (nSPS) is 14.7. The smallest absolute Gasteiger partial charge is 0.253 e. The molecule has 0 spiro atoms. The largest absolute Gasteiger partial charge is 0.380 e. The number of anilines is 1. The number of hydrogen-bond donors (Lipinski definition) is 2. The molecule has 2 aromatic rings. The summed E-state index contributed by atoms with van der Waals surface area (Å²) < 4.78 is 0. The second-order valence-corrected chi connectivity index (χ2v) is 6.26. The van der Waals surface area contributed by atoms with Crippen molar-refractivity contribution in [3.8, 4) is 0 Å². The monoisotopic (exact) mass is 309 g/mol. The van der Waals surface area contributed by atoms with Gasteiger partial charge in [0.1, 0.15) is 0 Å². The summed E-state index contributed by atoms with van der Waals surface area (Å²) in [7, 11) is 0. The fraction of sp³-hybridized carbons (Fsp3) is 0.368. The van der Waals surface area contributed by atoms with Gasteiger partial charge >= 0.3 is 0 Å². The van der Waals surface area contributed by atoms with E-state index in [4.69, 9.17) is 0 Å². The van der Waals surface area contributed by atoms with Gasteiger partial charge in [-0.15, -0.1) is 0 Å². The van der Waals surface area contributed by atoms with E-state index in [0.29, 0.717) is 11.6 Å². The molecule has 0 saturated heterocycles. The van der Waals surface area contributed by atoms with Gasteiger partial charge in [-0.25, -0.2) is 0 Å². The maximum absolute atomic E-state index is 12.3. The van der Waals surface area contributed by atoms with Gasteiger partial charge in [0.2, 0.25) is 0 Å². The van der Waals surface area contributed by atoms with Crippen LogP contribution in [0, 0.1) is 6.92 Å². The molecule has 1 aliphatic rings. The second kappa shape index (κ2) is 7.27. The molecular formula is C19H23N3O. The summed E-state index contributed by atoms with van der Waals surface area (Å²) in [5, 5.41) is 6.42. The van der Waals surface area contributed by atoms with Gasteiger partial charge in [0.15, 0.2) is 0 Å². The molecule has 1 heterocycles. The van der Waals surface area contributed by atoms with E-state index in [0.717, 1.165) is 25.1 Å². The van der Waals surface area contributed by atoms with Gasteiger partial charge in [-0.3, -0.25) is 9.78 Å². The van der Waals surface area contributed by atoms with Crippen LogP contribution in [0.2, 0.25) is 0 Å². The van der Waals surface area contributed by atoms with Crippen LogP contribution in [0.5, 0.6) is 0 Å². The molecule has 0 atom stereocenters. The number of benzene rings is 1. The average molecular weight is 309 g/mol. The van der Waals surface area contributed by atoms with Crippen LogP contribution in [-0.4, -0.2) is 16.9 Å². The lowest BCUT2D eigenvalue weighted by molar-refractivity contribution is 0.0937. The van der Waals surface area contributed by atoms with Crippen LogP contribution in [0.1, 0.15) is 47.2 Å². The summed E-state index contributed by atoms with van der Waals surface area (Å²) in [6.07, 6.45) is 7.97. The van der Waals surface area contributed by atoms with E-state index in [1.807, 2.05) is 6.07 Å². The summed E-state index contributed by atoms with van der Waals surface area (Å²) >= 11 is 0. The van der Waals surface area contributed by atoms with Gasteiger partial charge in [-0.2, -0.15) is 0 Å². The Morgan fingerprint density at radius 1 is 1.17 bits per heavy atom. The third kappa shape index (κ3) is 4.31. The molecule has 0 bridgehead atoms. The minimum Gasteiger partial charge on any atom is -0.380 e. The maximum Gasteiger partial charge on any atom is 0.253 e. The van der Waals surface area contributed by atoms with Crippen molar-refractivity contribution in [2.45, 2.75) is 45.2 Å². The molecule has 3 rings (SSSR count). The molecule has 4 nitrogen and oxygen atoms in total. The van der Waals surface area contributed by atoms with Crippen molar-refractivity contribution < 1.29 is 4.79 Å². The Hall–Kier alpha value is -2.36. The van der Waals surface area contributed by atoms with Crippen molar-refractivity contribution in [3.05, 3.63) is 59.4 Å². The fourth-order valence-electron chi connectivity index (χ4n) is 2.91. The lowest BCUT2D eigenvalue weighted by atomic mass is 10.1. The number of hydrogen-bond acceptors (Lipinski definition) is 3. The van der Waals surface area contributed by atoms with E-state index in [1.54, 1.807) is 12.4 Å². The Morgan fingerprint density at radius 2 is 1.91 bits per heavy atom. The molecule has 23 heavy (non-hydrogen) atoms. The highest BCUT2D eigenvalue weighted by Crippen LogP contribution is 2.18. The zero-order valence-corrected chi connectivity index (χ0v) is 13.5. The van der Waals surface area contributed by atoms with Crippen LogP contribution in [0.3, 0.4) is 0 Å². The molecule has 2 N–H and O–H groups in total. The highest BCUT2D eigenvalue weighted by atomic mass is 16.1. The summed E-state index contributed by atoms with van der Waals surface area (Å²) in [5.74, 6) is -0.0246. The van der Waals surface area contributed by atoms with E-state index in [-0.39, 0.29) is 5.91 Å². The van der Waals surface area contributed by atoms with E-state index in [9.17, 15) is 4.79 Å². The van der Waals surface area contributed by atoms with Crippen molar-refractivity contribution >= 4 is 11.6 Å². The SMILES string of the molecule is Cc1ccc(CNc2cncc(C(=O)NC3CCCC3)c2)cc1. The Balaban J connectivity index is 1.60. The molecule has 4 heteroatoms. The van der Waals surface area contributed by atoms with Crippen molar-refractivity contribution in [1.82, 2.24) is 10.3 Å². The Labute approximate surface area is 137 Å². The summed E-state index contributed by atoms with van der Waals surface area (Å²) in [6.45, 7) is 2.79. The number of pyridine rings is 1. The average Bonchev–Trinajstić information content (AvgIpc) is 3.07. The van der Waals surface area contributed by atoms with E-state index in [1.165, 1.54) is 24.0 Å². The molecule has 0 aliphatic heterocycles. The van der Waals surface area contributed by atoms with Crippen LogP contribution < -0.4 is 10.6 Å². The van der Waals surface area contributed by atoms with Gasteiger partial charge in [0, 0.05) is 25.0 Å².